The van der Waals surface area contributed by atoms with E-state index in [0.717, 1.165) is 19.3 Å². The first-order valence-corrected chi connectivity index (χ1v) is 8.77. The van der Waals surface area contributed by atoms with E-state index in [1.807, 2.05) is 25.1 Å². The predicted octanol–water partition coefficient (Wildman–Crippen LogP) is 1.91. The molecule has 1 aromatic carbocycles. The average Bonchev–Trinajstić information content (AvgIpc) is 3.40. The SMILES string of the molecule is Cc1cccc(CCC2(C(=O)N(C)C(CCC(=O)O)C(=O)NO)CC2)c1. The lowest BCUT2D eigenvalue weighted by molar-refractivity contribution is -0.148. The molecule has 1 unspecified atom stereocenters. The number of amides is 2. The van der Waals surface area contributed by atoms with Crippen molar-refractivity contribution < 1.29 is 24.7 Å². The van der Waals surface area contributed by atoms with Gasteiger partial charge in [-0.15, -0.1) is 0 Å². The van der Waals surface area contributed by atoms with Crippen LogP contribution in [0.3, 0.4) is 0 Å². The van der Waals surface area contributed by atoms with E-state index in [9.17, 15) is 14.4 Å². The zero-order valence-electron chi connectivity index (χ0n) is 15.2. The van der Waals surface area contributed by atoms with Crippen LogP contribution in [0.2, 0.25) is 0 Å². The molecule has 1 aromatic rings. The number of hydrogen-bond acceptors (Lipinski definition) is 4. The number of nitrogens with zero attached hydrogens (tertiary/aromatic N) is 1. The zero-order valence-corrected chi connectivity index (χ0v) is 15.2. The maximum Gasteiger partial charge on any atom is 0.303 e. The summed E-state index contributed by atoms with van der Waals surface area (Å²) in [4.78, 5) is 36.9. The number of aliphatic carboxylic acids is 1. The lowest BCUT2D eigenvalue weighted by atomic mass is 9.94. The molecule has 1 saturated carbocycles. The Morgan fingerprint density at radius 2 is 2.00 bits per heavy atom. The van der Waals surface area contributed by atoms with Crippen LogP contribution in [0.15, 0.2) is 24.3 Å². The molecule has 7 heteroatoms. The van der Waals surface area contributed by atoms with Gasteiger partial charge in [0.15, 0.2) is 0 Å². The molecule has 1 aliphatic carbocycles. The third-order valence-corrected chi connectivity index (χ3v) is 5.11. The summed E-state index contributed by atoms with van der Waals surface area (Å²) in [5.74, 6) is -1.98. The van der Waals surface area contributed by atoms with Crippen LogP contribution in [0.25, 0.3) is 0 Å². The average molecular weight is 362 g/mol. The first kappa shape index (κ1) is 19.9. The van der Waals surface area contributed by atoms with Gasteiger partial charge in [-0.3, -0.25) is 19.6 Å². The van der Waals surface area contributed by atoms with E-state index in [4.69, 9.17) is 10.3 Å². The third-order valence-electron chi connectivity index (χ3n) is 5.11. The number of carboxylic acid groups (broad SMARTS) is 1. The molecule has 3 N–H and O–H groups in total. The van der Waals surface area contributed by atoms with Crippen LogP contribution in [0.4, 0.5) is 0 Å². The molecule has 0 aromatic heterocycles. The van der Waals surface area contributed by atoms with Gasteiger partial charge in [0, 0.05) is 18.9 Å². The second kappa shape index (κ2) is 8.31. The number of aryl methyl sites for hydroxylation is 2. The Hall–Kier alpha value is -2.41. The highest BCUT2D eigenvalue weighted by Gasteiger charge is 2.51. The molecule has 1 atom stereocenters. The molecule has 0 bridgehead atoms. The maximum atomic E-state index is 12.9. The third kappa shape index (κ3) is 4.82. The van der Waals surface area contributed by atoms with Crippen molar-refractivity contribution in [3.8, 4) is 0 Å². The number of carbonyl (C=O) groups is 3. The lowest BCUT2D eigenvalue weighted by Gasteiger charge is -2.30. The van der Waals surface area contributed by atoms with Crippen molar-refractivity contribution in [3.05, 3.63) is 35.4 Å². The van der Waals surface area contributed by atoms with Gasteiger partial charge in [0.1, 0.15) is 6.04 Å². The van der Waals surface area contributed by atoms with Crippen LogP contribution in [-0.4, -0.2) is 46.1 Å². The minimum absolute atomic E-state index is 0.0437. The maximum absolute atomic E-state index is 12.9. The Morgan fingerprint density at radius 3 is 2.54 bits per heavy atom. The number of carbonyl (C=O) groups excluding carboxylic acids is 2. The molecule has 142 valence electrons. The van der Waals surface area contributed by atoms with Crippen LogP contribution in [0.5, 0.6) is 0 Å². The highest BCUT2D eigenvalue weighted by atomic mass is 16.5. The van der Waals surface area contributed by atoms with Gasteiger partial charge >= 0.3 is 5.97 Å². The van der Waals surface area contributed by atoms with Gasteiger partial charge in [0.05, 0.1) is 0 Å². The topological polar surface area (TPSA) is 107 Å². The van der Waals surface area contributed by atoms with Crippen LogP contribution in [0, 0.1) is 12.3 Å². The second-order valence-corrected chi connectivity index (χ2v) is 7.11. The van der Waals surface area contributed by atoms with Gasteiger partial charge in [0.25, 0.3) is 5.91 Å². The zero-order chi connectivity index (χ0) is 19.3. The molecule has 7 nitrogen and oxygen atoms in total. The summed E-state index contributed by atoms with van der Waals surface area (Å²) in [6.07, 6.45) is 2.67. The molecule has 2 amide bonds. The second-order valence-electron chi connectivity index (χ2n) is 7.11. The van der Waals surface area contributed by atoms with Crippen LogP contribution in [-0.2, 0) is 20.8 Å². The van der Waals surface area contributed by atoms with Crippen LogP contribution < -0.4 is 5.48 Å². The molecule has 0 aliphatic heterocycles. The van der Waals surface area contributed by atoms with Gasteiger partial charge in [-0.1, -0.05) is 29.8 Å². The van der Waals surface area contributed by atoms with E-state index >= 15 is 0 Å². The van der Waals surface area contributed by atoms with Crippen molar-refractivity contribution in [1.82, 2.24) is 10.4 Å². The number of likely N-dealkylation sites (N-methyl/N-ethyl adjacent to an activating group) is 1. The van der Waals surface area contributed by atoms with Crippen molar-refractivity contribution in [2.45, 2.75) is 51.5 Å². The smallest absolute Gasteiger partial charge is 0.303 e. The largest absolute Gasteiger partial charge is 0.481 e. The lowest BCUT2D eigenvalue weighted by Crippen LogP contribution is -2.49. The van der Waals surface area contributed by atoms with Crippen molar-refractivity contribution >= 4 is 17.8 Å². The number of hydroxylamine groups is 1. The summed E-state index contributed by atoms with van der Waals surface area (Å²) in [5, 5.41) is 17.8. The molecular weight excluding hydrogens is 336 g/mol. The Kier molecular flexibility index (Phi) is 6.37. The van der Waals surface area contributed by atoms with E-state index in [-0.39, 0.29) is 18.7 Å². The fourth-order valence-electron chi connectivity index (χ4n) is 3.32. The molecule has 0 heterocycles. The molecule has 0 spiro atoms. The van der Waals surface area contributed by atoms with Crippen molar-refractivity contribution in [3.63, 3.8) is 0 Å². The minimum Gasteiger partial charge on any atom is -0.481 e. The molecular formula is C19H26N2O5. The summed E-state index contributed by atoms with van der Waals surface area (Å²) >= 11 is 0. The van der Waals surface area contributed by atoms with Crippen molar-refractivity contribution in [1.29, 1.82) is 0 Å². The molecule has 1 aliphatic rings. The fraction of sp³-hybridized carbons (Fsp3) is 0.526. The summed E-state index contributed by atoms with van der Waals surface area (Å²) in [7, 11) is 1.50. The van der Waals surface area contributed by atoms with Crippen LogP contribution >= 0.6 is 0 Å². The number of rotatable bonds is 9. The summed E-state index contributed by atoms with van der Waals surface area (Å²) in [6, 6.07) is 7.15. The van der Waals surface area contributed by atoms with Gasteiger partial charge < -0.3 is 10.0 Å². The Morgan fingerprint density at radius 1 is 1.31 bits per heavy atom. The first-order valence-electron chi connectivity index (χ1n) is 8.77. The van der Waals surface area contributed by atoms with Gasteiger partial charge in [-0.2, -0.15) is 0 Å². The Bertz CT molecular complexity index is 684. The van der Waals surface area contributed by atoms with Crippen LogP contribution in [0.1, 0.15) is 43.2 Å². The van der Waals surface area contributed by atoms with Gasteiger partial charge in [0.2, 0.25) is 5.91 Å². The number of benzene rings is 1. The number of carboxylic acids is 1. The minimum atomic E-state index is -1.05. The van der Waals surface area contributed by atoms with Crippen molar-refractivity contribution in [2.75, 3.05) is 7.05 Å². The molecule has 26 heavy (non-hydrogen) atoms. The van der Waals surface area contributed by atoms with E-state index in [0.29, 0.717) is 6.42 Å². The van der Waals surface area contributed by atoms with Crippen molar-refractivity contribution in [2.24, 2.45) is 5.41 Å². The number of hydrogen-bond donors (Lipinski definition) is 3. The van der Waals surface area contributed by atoms with Gasteiger partial charge in [-0.05, 0) is 44.6 Å². The quantitative estimate of drug-likeness (QED) is 0.459. The highest BCUT2D eigenvalue weighted by molar-refractivity contribution is 5.91. The Balaban J connectivity index is 2.04. The highest BCUT2D eigenvalue weighted by Crippen LogP contribution is 2.51. The molecule has 1 fully saturated rings. The standard InChI is InChI=1S/C19H26N2O5/c1-13-4-3-5-14(12-13)8-9-19(10-11-19)18(25)21(2)15(17(24)20-26)6-7-16(22)23/h3-5,12,15,26H,6-11H2,1-2H3,(H,20,24)(H,22,23). The van der Waals surface area contributed by atoms with Gasteiger partial charge in [-0.25, -0.2) is 5.48 Å². The normalized spacial score (nSPS) is 15.8. The molecule has 2 rings (SSSR count). The summed E-state index contributed by atoms with van der Waals surface area (Å²) in [6.45, 7) is 2.02. The fourth-order valence-corrected chi connectivity index (χ4v) is 3.32. The van der Waals surface area contributed by atoms with E-state index < -0.39 is 23.3 Å². The van der Waals surface area contributed by atoms with E-state index in [1.54, 1.807) is 0 Å². The van der Waals surface area contributed by atoms with E-state index in [1.165, 1.54) is 28.6 Å². The summed E-state index contributed by atoms with van der Waals surface area (Å²) in [5.41, 5.74) is 3.38. The molecule has 0 saturated heterocycles. The number of nitrogens with one attached hydrogen (secondary N) is 1. The summed E-state index contributed by atoms with van der Waals surface area (Å²) < 4.78 is 0. The molecule has 0 radical (unpaired) electrons. The first-order chi connectivity index (χ1) is 12.3. The predicted molar refractivity (Wildman–Crippen MR) is 94.5 cm³/mol. The monoisotopic (exact) mass is 362 g/mol. The Labute approximate surface area is 153 Å². The van der Waals surface area contributed by atoms with E-state index in [2.05, 4.69) is 6.07 Å².